The van der Waals surface area contributed by atoms with Crippen LogP contribution in [0.1, 0.15) is 51.5 Å². The molecule has 0 saturated heterocycles. The van der Waals surface area contributed by atoms with E-state index in [0.717, 1.165) is 24.8 Å². The zero-order chi connectivity index (χ0) is 13.9. The van der Waals surface area contributed by atoms with Crippen LogP contribution in [0.4, 0.5) is 0 Å². The summed E-state index contributed by atoms with van der Waals surface area (Å²) in [5.41, 5.74) is 0.900. The Kier molecular flexibility index (Phi) is 4.67. The molecule has 0 bridgehead atoms. The highest BCUT2D eigenvalue weighted by Crippen LogP contribution is 2.44. The van der Waals surface area contributed by atoms with Gasteiger partial charge in [0, 0.05) is 16.9 Å². The molecule has 0 radical (unpaired) electrons. The van der Waals surface area contributed by atoms with Crippen molar-refractivity contribution in [3.63, 3.8) is 0 Å². The average Bonchev–Trinajstić information content (AvgIpc) is 2.81. The summed E-state index contributed by atoms with van der Waals surface area (Å²) >= 11 is 6.17. The first-order valence-electron chi connectivity index (χ1n) is 7.30. The van der Waals surface area contributed by atoms with Gasteiger partial charge in [-0.2, -0.15) is 0 Å². The lowest BCUT2D eigenvalue weighted by atomic mass is 9.73. The lowest BCUT2D eigenvalue weighted by Crippen LogP contribution is -2.31. The van der Waals surface area contributed by atoms with Crippen LogP contribution in [0.3, 0.4) is 0 Å². The average molecular weight is 279 g/mol. The van der Waals surface area contributed by atoms with Crippen molar-refractivity contribution in [3.05, 3.63) is 34.9 Å². The monoisotopic (exact) mass is 278 g/mol. The Bertz CT molecular complexity index is 444. The Morgan fingerprint density at radius 3 is 2.47 bits per heavy atom. The molecule has 0 N–H and O–H groups in total. The van der Waals surface area contributed by atoms with Crippen molar-refractivity contribution in [3.8, 4) is 0 Å². The van der Waals surface area contributed by atoms with Crippen LogP contribution in [-0.4, -0.2) is 5.78 Å². The van der Waals surface area contributed by atoms with E-state index in [1.807, 2.05) is 24.3 Å². The van der Waals surface area contributed by atoms with Crippen LogP contribution in [0.15, 0.2) is 24.3 Å². The molecule has 1 aliphatic rings. The van der Waals surface area contributed by atoms with Crippen LogP contribution >= 0.6 is 11.6 Å². The highest BCUT2D eigenvalue weighted by Gasteiger charge is 2.40. The first-order valence-corrected chi connectivity index (χ1v) is 7.68. The smallest absolute Gasteiger partial charge is 0.143 e. The molecular formula is C17H23ClO. The van der Waals surface area contributed by atoms with Gasteiger partial charge in [-0.3, -0.25) is 4.79 Å². The maximum absolute atomic E-state index is 12.8. The van der Waals surface area contributed by atoms with E-state index in [4.69, 9.17) is 11.6 Å². The van der Waals surface area contributed by atoms with E-state index in [2.05, 4.69) is 13.8 Å². The molecule has 0 spiro atoms. The minimum Gasteiger partial charge on any atom is -0.299 e. The van der Waals surface area contributed by atoms with Crippen LogP contribution in [0, 0.1) is 11.3 Å². The third-order valence-corrected chi connectivity index (χ3v) is 4.63. The number of carbonyl (C=O) groups is 1. The second-order valence-corrected chi connectivity index (χ2v) is 6.68. The summed E-state index contributed by atoms with van der Waals surface area (Å²) in [6.45, 7) is 4.42. The normalized spacial score (nSPS) is 17.9. The van der Waals surface area contributed by atoms with Crippen LogP contribution in [0.2, 0.25) is 5.02 Å². The van der Waals surface area contributed by atoms with Crippen molar-refractivity contribution in [2.45, 2.75) is 52.4 Å². The summed E-state index contributed by atoms with van der Waals surface area (Å²) < 4.78 is 0. The summed E-state index contributed by atoms with van der Waals surface area (Å²) in [6, 6.07) is 7.71. The van der Waals surface area contributed by atoms with Gasteiger partial charge in [0.25, 0.3) is 0 Å². The lowest BCUT2D eigenvalue weighted by Gasteiger charge is -2.29. The van der Waals surface area contributed by atoms with E-state index in [1.165, 1.54) is 12.8 Å². The molecule has 19 heavy (non-hydrogen) atoms. The molecule has 1 aliphatic carbocycles. The zero-order valence-corrected chi connectivity index (χ0v) is 12.7. The maximum Gasteiger partial charge on any atom is 0.143 e. The van der Waals surface area contributed by atoms with Gasteiger partial charge in [-0.1, -0.05) is 56.5 Å². The fourth-order valence-electron chi connectivity index (χ4n) is 3.43. The molecule has 1 nitrogen and oxygen atoms in total. The predicted molar refractivity (Wildman–Crippen MR) is 80.5 cm³/mol. The molecule has 2 heteroatoms. The van der Waals surface area contributed by atoms with Crippen LogP contribution < -0.4 is 0 Å². The van der Waals surface area contributed by atoms with E-state index < -0.39 is 0 Å². The Hall–Kier alpha value is -0.820. The summed E-state index contributed by atoms with van der Waals surface area (Å²) in [5.74, 6) is 0.972. The topological polar surface area (TPSA) is 17.1 Å². The van der Waals surface area contributed by atoms with Crippen LogP contribution in [-0.2, 0) is 11.2 Å². The Morgan fingerprint density at radius 2 is 1.89 bits per heavy atom. The minimum absolute atomic E-state index is 0.0761. The van der Waals surface area contributed by atoms with Gasteiger partial charge in [-0.25, -0.2) is 0 Å². The van der Waals surface area contributed by atoms with E-state index >= 15 is 0 Å². The number of hydrogen-bond donors (Lipinski definition) is 0. The van der Waals surface area contributed by atoms with Crippen molar-refractivity contribution in [1.29, 1.82) is 0 Å². The highest BCUT2D eigenvalue weighted by atomic mass is 35.5. The highest BCUT2D eigenvalue weighted by molar-refractivity contribution is 6.31. The van der Waals surface area contributed by atoms with Crippen LogP contribution in [0.25, 0.3) is 0 Å². The quantitative estimate of drug-likeness (QED) is 0.736. The fraction of sp³-hybridized carbons (Fsp3) is 0.588. The molecular weight excluding hydrogens is 256 g/mol. The summed E-state index contributed by atoms with van der Waals surface area (Å²) in [4.78, 5) is 12.8. The van der Waals surface area contributed by atoms with Crippen LogP contribution in [0.5, 0.6) is 0 Å². The van der Waals surface area contributed by atoms with Gasteiger partial charge in [-0.15, -0.1) is 0 Å². The Labute approximate surface area is 121 Å². The third kappa shape index (κ3) is 3.39. The van der Waals surface area contributed by atoms with E-state index in [-0.39, 0.29) is 5.41 Å². The van der Waals surface area contributed by atoms with Gasteiger partial charge in [0.2, 0.25) is 0 Å². The number of hydrogen-bond acceptors (Lipinski definition) is 1. The first kappa shape index (κ1) is 14.6. The fourth-order valence-corrected chi connectivity index (χ4v) is 3.63. The molecule has 0 aliphatic heterocycles. The standard InChI is InChI=1S/C17H23ClO/c1-13(2)12-17(9-5-6-10-17)16(19)11-14-7-3-4-8-15(14)18/h3-4,7-8,13H,5-6,9-12H2,1-2H3. The summed E-state index contributed by atoms with van der Waals surface area (Å²) in [6.07, 6.45) is 6.04. The molecule has 1 fully saturated rings. The molecule has 104 valence electrons. The Balaban J connectivity index is 2.15. The predicted octanol–water partition coefficient (Wildman–Crippen LogP) is 5.06. The number of carbonyl (C=O) groups excluding carboxylic acids is 1. The molecule has 0 unspecified atom stereocenters. The number of rotatable bonds is 5. The van der Waals surface area contributed by atoms with Crippen molar-refractivity contribution < 1.29 is 4.79 Å². The lowest BCUT2D eigenvalue weighted by molar-refractivity contribution is -0.128. The van der Waals surface area contributed by atoms with Gasteiger partial charge in [-0.05, 0) is 36.8 Å². The van der Waals surface area contributed by atoms with Crippen molar-refractivity contribution in [1.82, 2.24) is 0 Å². The van der Waals surface area contributed by atoms with Crippen molar-refractivity contribution >= 4 is 17.4 Å². The van der Waals surface area contributed by atoms with E-state index in [0.29, 0.717) is 23.1 Å². The molecule has 2 rings (SSSR count). The maximum atomic E-state index is 12.8. The number of halogens is 1. The van der Waals surface area contributed by atoms with Gasteiger partial charge in [0.15, 0.2) is 0 Å². The van der Waals surface area contributed by atoms with Gasteiger partial charge < -0.3 is 0 Å². The zero-order valence-electron chi connectivity index (χ0n) is 11.9. The molecule has 0 aromatic heterocycles. The molecule has 1 aromatic carbocycles. The third-order valence-electron chi connectivity index (χ3n) is 4.26. The minimum atomic E-state index is -0.0761. The SMILES string of the molecule is CC(C)CC1(C(=O)Cc2ccccc2Cl)CCCC1. The second-order valence-electron chi connectivity index (χ2n) is 6.28. The van der Waals surface area contributed by atoms with E-state index in [1.54, 1.807) is 0 Å². The number of benzene rings is 1. The summed E-state index contributed by atoms with van der Waals surface area (Å²) in [5, 5.41) is 0.716. The second kappa shape index (κ2) is 6.09. The van der Waals surface area contributed by atoms with Gasteiger partial charge in [0.1, 0.15) is 5.78 Å². The van der Waals surface area contributed by atoms with Gasteiger partial charge >= 0.3 is 0 Å². The molecule has 0 heterocycles. The molecule has 1 saturated carbocycles. The van der Waals surface area contributed by atoms with Crippen molar-refractivity contribution in [2.24, 2.45) is 11.3 Å². The van der Waals surface area contributed by atoms with Gasteiger partial charge in [0.05, 0.1) is 0 Å². The number of ketones is 1. The molecule has 1 aromatic rings. The molecule has 0 amide bonds. The largest absolute Gasteiger partial charge is 0.299 e. The summed E-state index contributed by atoms with van der Waals surface area (Å²) in [7, 11) is 0. The number of Topliss-reactive ketones (excluding diaryl/α,β-unsaturated/α-hetero) is 1. The Morgan fingerprint density at radius 1 is 1.26 bits per heavy atom. The first-order chi connectivity index (χ1) is 9.03. The van der Waals surface area contributed by atoms with Crippen molar-refractivity contribution in [2.75, 3.05) is 0 Å². The van der Waals surface area contributed by atoms with E-state index in [9.17, 15) is 4.79 Å². The molecule has 0 atom stereocenters.